The second-order valence-corrected chi connectivity index (χ2v) is 9.94. The lowest BCUT2D eigenvalue weighted by atomic mass is 10.0. The highest BCUT2D eigenvalue weighted by atomic mass is 35.5. The molecule has 1 unspecified atom stereocenters. The van der Waals surface area contributed by atoms with E-state index in [0.717, 1.165) is 15.4 Å². The highest BCUT2D eigenvalue weighted by Gasteiger charge is 2.21. The molecular weight excluding hydrogens is 479 g/mol. The van der Waals surface area contributed by atoms with Gasteiger partial charge in [-0.3, -0.25) is 4.79 Å². The molecule has 0 radical (unpaired) electrons. The summed E-state index contributed by atoms with van der Waals surface area (Å²) in [5.41, 5.74) is 4.44. The molecule has 4 aromatic carbocycles. The van der Waals surface area contributed by atoms with E-state index in [1.54, 1.807) is 24.3 Å². The first kappa shape index (κ1) is 23.3. The zero-order valence-corrected chi connectivity index (χ0v) is 20.5. The lowest BCUT2D eigenvalue weighted by Gasteiger charge is -2.13. The second-order valence-electron chi connectivity index (χ2n) is 8.42. The van der Waals surface area contributed by atoms with Crippen molar-refractivity contribution in [1.29, 1.82) is 0 Å². The Morgan fingerprint density at radius 3 is 2.57 bits per heavy atom. The van der Waals surface area contributed by atoms with Crippen molar-refractivity contribution < 1.29 is 9.18 Å². The van der Waals surface area contributed by atoms with Crippen molar-refractivity contribution in [2.45, 2.75) is 22.6 Å². The molecule has 1 heterocycles. The number of fused-ring (bicyclic) bond motifs is 2. The Bertz CT molecular complexity index is 1440. The fraction of sp³-hybridized carbons (Fsp3) is 0.103. The summed E-state index contributed by atoms with van der Waals surface area (Å²) < 4.78 is 14.2. The lowest BCUT2D eigenvalue weighted by molar-refractivity contribution is 0.0951. The summed E-state index contributed by atoms with van der Waals surface area (Å²) in [6.45, 7) is 2.61. The fourth-order valence-electron chi connectivity index (χ4n) is 4.01. The minimum atomic E-state index is -0.336. The number of halogens is 2. The summed E-state index contributed by atoms with van der Waals surface area (Å²) in [5.74, 6) is -0.307. The monoisotopic (exact) mass is 500 g/mol. The zero-order chi connectivity index (χ0) is 24.4. The third-order valence-corrected chi connectivity index (χ3v) is 7.28. The molecular formula is C29H22ClFN2OS. The van der Waals surface area contributed by atoms with Crippen LogP contribution >= 0.6 is 23.4 Å². The summed E-state index contributed by atoms with van der Waals surface area (Å²) in [5, 5.41) is 3.60. The molecule has 3 nitrogen and oxygen atoms in total. The van der Waals surface area contributed by atoms with Crippen molar-refractivity contribution in [1.82, 2.24) is 5.32 Å². The van der Waals surface area contributed by atoms with Crippen molar-refractivity contribution in [2.24, 2.45) is 4.99 Å². The molecule has 0 saturated carbocycles. The quantitative estimate of drug-likeness (QED) is 0.269. The van der Waals surface area contributed by atoms with E-state index in [9.17, 15) is 9.18 Å². The van der Waals surface area contributed by atoms with Crippen molar-refractivity contribution in [3.63, 3.8) is 0 Å². The van der Waals surface area contributed by atoms with E-state index >= 15 is 0 Å². The van der Waals surface area contributed by atoms with Crippen LogP contribution in [0.2, 0.25) is 5.02 Å². The molecule has 174 valence electrons. The Hall–Kier alpha value is -3.41. The van der Waals surface area contributed by atoms with Gasteiger partial charge in [-0.15, -0.1) is 0 Å². The van der Waals surface area contributed by atoms with Gasteiger partial charge < -0.3 is 5.32 Å². The van der Waals surface area contributed by atoms with Crippen molar-refractivity contribution in [3.8, 4) is 0 Å². The first-order chi connectivity index (χ1) is 17.0. The highest BCUT2D eigenvalue weighted by molar-refractivity contribution is 7.99. The number of benzene rings is 4. The van der Waals surface area contributed by atoms with E-state index in [-0.39, 0.29) is 17.6 Å². The van der Waals surface area contributed by atoms with Crippen LogP contribution < -0.4 is 5.32 Å². The van der Waals surface area contributed by atoms with Gasteiger partial charge in [0.15, 0.2) is 0 Å². The maximum Gasteiger partial charge on any atom is 0.251 e. The van der Waals surface area contributed by atoms with Crippen LogP contribution in [0.5, 0.6) is 0 Å². The lowest BCUT2D eigenvalue weighted by Crippen LogP contribution is -2.27. The van der Waals surface area contributed by atoms with Gasteiger partial charge in [0.05, 0.1) is 11.4 Å². The first-order valence-electron chi connectivity index (χ1n) is 11.3. The summed E-state index contributed by atoms with van der Waals surface area (Å²) >= 11 is 7.75. The van der Waals surface area contributed by atoms with Crippen LogP contribution in [0.15, 0.2) is 106 Å². The SMILES string of the molecule is CC(CNC(=O)c1ccc2c(c1)N=C(c1cccc(Cl)c1)c1cc(F)ccc1S2)c1ccccc1. The third-order valence-electron chi connectivity index (χ3n) is 5.91. The van der Waals surface area contributed by atoms with Crippen LogP contribution in [-0.2, 0) is 0 Å². The van der Waals surface area contributed by atoms with E-state index < -0.39 is 0 Å². The Labute approximate surface area is 213 Å². The number of amides is 1. The molecule has 35 heavy (non-hydrogen) atoms. The number of carbonyl (C=O) groups is 1. The molecule has 0 saturated heterocycles. The Morgan fingerprint density at radius 2 is 1.77 bits per heavy atom. The molecule has 1 atom stereocenters. The highest BCUT2D eigenvalue weighted by Crippen LogP contribution is 2.42. The average molecular weight is 501 g/mol. The predicted octanol–water partition coefficient (Wildman–Crippen LogP) is 7.65. The Kier molecular flexibility index (Phi) is 6.71. The maximum atomic E-state index is 14.2. The summed E-state index contributed by atoms with van der Waals surface area (Å²) in [4.78, 5) is 19.7. The van der Waals surface area contributed by atoms with Crippen LogP contribution in [-0.4, -0.2) is 18.2 Å². The molecule has 0 spiro atoms. The van der Waals surface area contributed by atoms with Crippen LogP contribution in [0.4, 0.5) is 10.1 Å². The minimum absolute atomic E-state index is 0.159. The average Bonchev–Trinajstić information content (AvgIpc) is 3.03. The van der Waals surface area contributed by atoms with E-state index in [2.05, 4.69) is 24.4 Å². The molecule has 1 aliphatic rings. The van der Waals surface area contributed by atoms with Gasteiger partial charge in [0.1, 0.15) is 5.82 Å². The fourth-order valence-corrected chi connectivity index (χ4v) is 5.18. The van der Waals surface area contributed by atoms with Gasteiger partial charge in [0, 0.05) is 38.0 Å². The van der Waals surface area contributed by atoms with E-state index in [4.69, 9.17) is 16.6 Å². The number of nitrogens with one attached hydrogen (secondary N) is 1. The van der Waals surface area contributed by atoms with Gasteiger partial charge in [0.25, 0.3) is 5.91 Å². The zero-order valence-electron chi connectivity index (χ0n) is 19.0. The van der Waals surface area contributed by atoms with Crippen LogP contribution in [0.3, 0.4) is 0 Å². The molecule has 0 bridgehead atoms. The van der Waals surface area contributed by atoms with E-state index in [1.807, 2.05) is 42.5 Å². The van der Waals surface area contributed by atoms with Gasteiger partial charge in [-0.25, -0.2) is 9.38 Å². The molecule has 0 aliphatic carbocycles. The van der Waals surface area contributed by atoms with Gasteiger partial charge >= 0.3 is 0 Å². The smallest absolute Gasteiger partial charge is 0.251 e. The van der Waals surface area contributed by atoms with Gasteiger partial charge in [-0.1, -0.05) is 72.8 Å². The molecule has 6 heteroatoms. The van der Waals surface area contributed by atoms with Gasteiger partial charge in [0.2, 0.25) is 0 Å². The Morgan fingerprint density at radius 1 is 0.971 bits per heavy atom. The number of hydrogen-bond donors (Lipinski definition) is 1. The normalized spacial score (nSPS) is 13.2. The van der Waals surface area contributed by atoms with Crippen molar-refractivity contribution in [2.75, 3.05) is 6.54 Å². The number of carbonyl (C=O) groups excluding carboxylic acids is 1. The standard InChI is InChI=1S/C29H22ClFN2OS/c1-18(19-6-3-2-4-7-19)17-32-29(34)21-10-12-27-25(15-21)33-28(20-8-5-9-22(30)14-20)24-16-23(31)11-13-26(24)35-27/h2-16,18H,17H2,1H3,(H,32,34). The topological polar surface area (TPSA) is 41.5 Å². The second kappa shape index (κ2) is 10.1. The van der Waals surface area contributed by atoms with Crippen molar-refractivity contribution in [3.05, 3.63) is 124 Å². The van der Waals surface area contributed by atoms with E-state index in [1.165, 1.54) is 29.5 Å². The van der Waals surface area contributed by atoms with Crippen LogP contribution in [0.1, 0.15) is 39.9 Å². The molecule has 5 rings (SSSR count). The molecule has 1 amide bonds. The third kappa shape index (κ3) is 5.16. The number of aliphatic imine (C=N–C) groups is 1. The van der Waals surface area contributed by atoms with E-state index in [0.29, 0.717) is 34.1 Å². The molecule has 0 aromatic heterocycles. The Balaban J connectivity index is 1.48. The molecule has 4 aromatic rings. The summed E-state index contributed by atoms with van der Waals surface area (Å²) in [6, 6.07) is 27.6. The summed E-state index contributed by atoms with van der Waals surface area (Å²) in [7, 11) is 0. The molecule has 1 N–H and O–H groups in total. The number of nitrogens with zero attached hydrogens (tertiary/aromatic N) is 1. The van der Waals surface area contributed by atoms with Crippen molar-refractivity contribution >= 4 is 40.7 Å². The molecule has 0 fully saturated rings. The maximum absolute atomic E-state index is 14.2. The van der Waals surface area contributed by atoms with Gasteiger partial charge in [-0.05, 0) is 60.0 Å². The van der Waals surface area contributed by atoms with Gasteiger partial charge in [-0.2, -0.15) is 0 Å². The van der Waals surface area contributed by atoms with Crippen LogP contribution in [0.25, 0.3) is 0 Å². The number of rotatable bonds is 5. The number of hydrogen-bond acceptors (Lipinski definition) is 3. The largest absolute Gasteiger partial charge is 0.351 e. The first-order valence-corrected chi connectivity index (χ1v) is 12.5. The van der Waals surface area contributed by atoms with Crippen LogP contribution in [0, 0.1) is 5.82 Å². The molecule has 1 aliphatic heterocycles. The predicted molar refractivity (Wildman–Crippen MR) is 141 cm³/mol. The summed E-state index contributed by atoms with van der Waals surface area (Å²) in [6.07, 6.45) is 0. The minimum Gasteiger partial charge on any atom is -0.351 e.